The smallest absolute Gasteiger partial charge is 0.255 e. The topological polar surface area (TPSA) is 112 Å². The number of rotatable bonds is 7. The molecular weight excluding hydrogens is 346 g/mol. The Balaban J connectivity index is 1.93. The lowest BCUT2D eigenvalue weighted by Crippen LogP contribution is -2.30. The molecule has 1 amide bonds. The van der Waals surface area contributed by atoms with Crippen LogP contribution in [-0.2, 0) is 0 Å². The molecule has 8 heteroatoms. The summed E-state index contributed by atoms with van der Waals surface area (Å²) in [6, 6.07) is 4.92. The molecule has 0 aliphatic heterocycles. The van der Waals surface area contributed by atoms with Gasteiger partial charge < -0.3 is 20.8 Å². The number of hydrogen-bond donors (Lipinski definition) is 4. The van der Waals surface area contributed by atoms with E-state index in [0.717, 1.165) is 11.3 Å². The number of phenolic OH excluding ortho intramolecular Hbond substituents is 1. The van der Waals surface area contributed by atoms with E-state index in [0.29, 0.717) is 24.4 Å². The largest absolute Gasteiger partial charge is 0.507 e. The summed E-state index contributed by atoms with van der Waals surface area (Å²) in [5, 5.41) is 25.1. The molecule has 0 atom stereocenters. The van der Waals surface area contributed by atoms with Crippen LogP contribution < -0.4 is 10.6 Å². The first kappa shape index (κ1) is 18.7. The number of nitrogens with zero attached hydrogens (tertiary/aromatic N) is 3. The van der Waals surface area contributed by atoms with Crippen molar-refractivity contribution >= 4 is 17.4 Å². The fourth-order valence-corrected chi connectivity index (χ4v) is 2.77. The lowest BCUT2D eigenvalue weighted by atomic mass is 10.1. The Morgan fingerprint density at radius 3 is 2.81 bits per heavy atom. The predicted molar refractivity (Wildman–Crippen MR) is 103 cm³/mol. The van der Waals surface area contributed by atoms with E-state index in [1.807, 2.05) is 18.2 Å². The first-order valence-electron chi connectivity index (χ1n) is 8.82. The van der Waals surface area contributed by atoms with E-state index in [-0.39, 0.29) is 29.9 Å². The molecule has 8 nitrogen and oxygen atoms in total. The highest BCUT2D eigenvalue weighted by atomic mass is 16.3. The third kappa shape index (κ3) is 4.01. The maximum atomic E-state index is 12.1. The van der Waals surface area contributed by atoms with Crippen molar-refractivity contribution in [2.45, 2.75) is 26.3 Å². The Kier molecular flexibility index (Phi) is 5.56. The molecule has 3 aromatic rings. The number of aromatic hydroxyl groups is 1. The summed E-state index contributed by atoms with van der Waals surface area (Å²) in [5.74, 6) is 0.220. The maximum absolute atomic E-state index is 12.1. The van der Waals surface area contributed by atoms with Gasteiger partial charge >= 0.3 is 0 Å². The molecule has 2 aromatic heterocycles. The second-order valence-corrected chi connectivity index (χ2v) is 6.48. The number of aliphatic hydroxyl groups is 1. The molecule has 142 valence electrons. The van der Waals surface area contributed by atoms with Gasteiger partial charge in [-0.3, -0.25) is 9.20 Å². The summed E-state index contributed by atoms with van der Waals surface area (Å²) in [5.41, 5.74) is 2.37. The number of fused-ring (bicyclic) bond motifs is 1. The number of carbonyl (C=O) groups excluding carboxylic acids is 1. The lowest BCUT2D eigenvalue weighted by molar-refractivity contribution is 0.0940. The molecule has 2 heterocycles. The van der Waals surface area contributed by atoms with Gasteiger partial charge in [-0.15, -0.1) is 0 Å². The van der Waals surface area contributed by atoms with Gasteiger partial charge in [0.15, 0.2) is 11.5 Å². The van der Waals surface area contributed by atoms with Gasteiger partial charge in [0.2, 0.25) is 0 Å². The highest BCUT2D eigenvalue weighted by molar-refractivity contribution is 5.97. The molecule has 0 spiro atoms. The maximum Gasteiger partial charge on any atom is 0.255 e. The second-order valence-electron chi connectivity index (χ2n) is 6.48. The number of phenols is 1. The standard InChI is InChI=1S/C19H23N5O3/c1-12(2)23-19(27)14-5-4-13(10-16(14)26)15-11-22-18-17(20-6-3-9-25)21-7-8-24(15)18/h4-5,7-8,10-12,25-26H,3,6,9H2,1-2H3,(H,20,21)(H,23,27). The van der Waals surface area contributed by atoms with Crippen LogP contribution in [0.2, 0.25) is 0 Å². The van der Waals surface area contributed by atoms with Crippen LogP contribution in [0.1, 0.15) is 30.6 Å². The molecule has 0 bridgehead atoms. The van der Waals surface area contributed by atoms with Gasteiger partial charge in [0.25, 0.3) is 5.91 Å². The second kappa shape index (κ2) is 8.05. The molecule has 0 saturated heterocycles. The van der Waals surface area contributed by atoms with Crippen molar-refractivity contribution in [2.75, 3.05) is 18.5 Å². The van der Waals surface area contributed by atoms with Crippen molar-refractivity contribution in [1.82, 2.24) is 19.7 Å². The van der Waals surface area contributed by atoms with Crippen molar-refractivity contribution in [3.63, 3.8) is 0 Å². The highest BCUT2D eigenvalue weighted by Crippen LogP contribution is 2.28. The third-order valence-corrected chi connectivity index (χ3v) is 4.01. The Bertz CT molecular complexity index is 952. The van der Waals surface area contributed by atoms with Gasteiger partial charge in [0.1, 0.15) is 5.75 Å². The zero-order valence-electron chi connectivity index (χ0n) is 15.3. The van der Waals surface area contributed by atoms with Crippen molar-refractivity contribution < 1.29 is 15.0 Å². The molecule has 27 heavy (non-hydrogen) atoms. The minimum absolute atomic E-state index is 0.0143. The van der Waals surface area contributed by atoms with E-state index in [1.54, 1.807) is 36.8 Å². The van der Waals surface area contributed by atoms with Crippen molar-refractivity contribution in [3.05, 3.63) is 42.4 Å². The molecule has 0 saturated carbocycles. The van der Waals surface area contributed by atoms with Gasteiger partial charge in [-0.2, -0.15) is 0 Å². The number of amides is 1. The van der Waals surface area contributed by atoms with Crippen LogP contribution in [0.3, 0.4) is 0 Å². The Labute approximate surface area is 156 Å². The van der Waals surface area contributed by atoms with E-state index in [2.05, 4.69) is 20.6 Å². The number of nitrogens with one attached hydrogen (secondary N) is 2. The quantitative estimate of drug-likeness (QED) is 0.474. The van der Waals surface area contributed by atoms with Crippen LogP contribution in [0.25, 0.3) is 16.9 Å². The van der Waals surface area contributed by atoms with Crippen LogP contribution in [0.5, 0.6) is 5.75 Å². The number of aliphatic hydroxyl groups excluding tert-OH is 1. The van der Waals surface area contributed by atoms with Crippen LogP contribution in [0.15, 0.2) is 36.8 Å². The van der Waals surface area contributed by atoms with E-state index in [1.165, 1.54) is 0 Å². The van der Waals surface area contributed by atoms with Gasteiger partial charge in [-0.1, -0.05) is 6.07 Å². The normalized spacial score (nSPS) is 11.1. The Morgan fingerprint density at radius 1 is 1.30 bits per heavy atom. The van der Waals surface area contributed by atoms with Crippen LogP contribution in [0, 0.1) is 0 Å². The molecule has 0 radical (unpaired) electrons. The number of hydrogen-bond acceptors (Lipinski definition) is 6. The van der Waals surface area contributed by atoms with Gasteiger partial charge in [-0.25, -0.2) is 9.97 Å². The molecular formula is C19H23N5O3. The molecule has 0 aliphatic rings. The molecule has 4 N–H and O–H groups in total. The van der Waals surface area contributed by atoms with Gasteiger partial charge in [-0.05, 0) is 32.4 Å². The Hall–Kier alpha value is -3.13. The third-order valence-electron chi connectivity index (χ3n) is 4.01. The van der Waals surface area contributed by atoms with Gasteiger partial charge in [0.05, 0.1) is 17.5 Å². The molecule has 1 aromatic carbocycles. The number of carbonyl (C=O) groups is 1. The SMILES string of the molecule is CC(C)NC(=O)c1ccc(-c2cnc3c(NCCCO)nccn23)cc1O. The molecule has 0 aliphatic carbocycles. The first-order valence-corrected chi connectivity index (χ1v) is 8.82. The number of imidazole rings is 1. The summed E-state index contributed by atoms with van der Waals surface area (Å²) in [6.45, 7) is 4.42. The molecule has 0 unspecified atom stereocenters. The molecule has 3 rings (SSSR count). The van der Waals surface area contributed by atoms with Crippen molar-refractivity contribution in [3.8, 4) is 17.0 Å². The van der Waals surface area contributed by atoms with Crippen LogP contribution >= 0.6 is 0 Å². The first-order chi connectivity index (χ1) is 13.0. The number of anilines is 1. The summed E-state index contributed by atoms with van der Waals surface area (Å²) in [6.07, 6.45) is 5.75. The van der Waals surface area contributed by atoms with Crippen LogP contribution in [0.4, 0.5) is 5.82 Å². The van der Waals surface area contributed by atoms with E-state index < -0.39 is 0 Å². The molecule has 0 fully saturated rings. The minimum Gasteiger partial charge on any atom is -0.507 e. The van der Waals surface area contributed by atoms with E-state index in [9.17, 15) is 9.90 Å². The summed E-state index contributed by atoms with van der Waals surface area (Å²) < 4.78 is 1.86. The lowest BCUT2D eigenvalue weighted by Gasteiger charge is -2.11. The monoisotopic (exact) mass is 369 g/mol. The zero-order chi connectivity index (χ0) is 19.4. The van der Waals surface area contributed by atoms with E-state index in [4.69, 9.17) is 5.11 Å². The van der Waals surface area contributed by atoms with Gasteiger partial charge in [0, 0.05) is 37.2 Å². The zero-order valence-corrected chi connectivity index (χ0v) is 15.3. The van der Waals surface area contributed by atoms with Crippen molar-refractivity contribution in [2.24, 2.45) is 0 Å². The Morgan fingerprint density at radius 2 is 2.11 bits per heavy atom. The number of benzene rings is 1. The summed E-state index contributed by atoms with van der Waals surface area (Å²) >= 11 is 0. The highest BCUT2D eigenvalue weighted by Gasteiger charge is 2.15. The predicted octanol–water partition coefficient (Wildman–Crippen LogP) is 2.03. The van der Waals surface area contributed by atoms with E-state index >= 15 is 0 Å². The minimum atomic E-state index is -0.313. The summed E-state index contributed by atoms with van der Waals surface area (Å²) in [4.78, 5) is 20.8. The average Bonchev–Trinajstić information content (AvgIpc) is 3.06. The number of aromatic nitrogens is 3. The van der Waals surface area contributed by atoms with Crippen LogP contribution in [-0.4, -0.2) is 49.7 Å². The fourth-order valence-electron chi connectivity index (χ4n) is 2.77. The average molecular weight is 369 g/mol. The van der Waals surface area contributed by atoms with Crippen molar-refractivity contribution in [1.29, 1.82) is 0 Å². The fraction of sp³-hybridized carbons (Fsp3) is 0.316. The summed E-state index contributed by atoms with van der Waals surface area (Å²) in [7, 11) is 0.